The molecule has 1 unspecified atom stereocenters. The van der Waals surface area contributed by atoms with Gasteiger partial charge in [0.2, 0.25) is 0 Å². The van der Waals surface area contributed by atoms with E-state index in [1.165, 1.54) is 6.42 Å². The van der Waals surface area contributed by atoms with Crippen LogP contribution in [0.1, 0.15) is 72.4 Å². The van der Waals surface area contributed by atoms with Crippen LogP contribution in [0.4, 0.5) is 15.3 Å². The van der Waals surface area contributed by atoms with Gasteiger partial charge in [-0.1, -0.05) is 6.42 Å². The number of hydrogen-bond acceptors (Lipinski definition) is 5. The summed E-state index contributed by atoms with van der Waals surface area (Å²) in [6.45, 7) is 11.8. The molecule has 3 rings (SSSR count). The van der Waals surface area contributed by atoms with Crippen molar-refractivity contribution in [2.75, 3.05) is 11.9 Å². The molecule has 1 aliphatic carbocycles. The molecule has 2 amide bonds. The molecule has 160 valence electrons. The number of carbonyl (C=O) groups is 2. The second kappa shape index (κ2) is 7.84. The zero-order valence-corrected chi connectivity index (χ0v) is 18.3. The highest BCUT2D eigenvalue weighted by molar-refractivity contribution is 5.84. The van der Waals surface area contributed by atoms with E-state index in [1.807, 2.05) is 52.5 Å². The van der Waals surface area contributed by atoms with Crippen molar-refractivity contribution in [3.05, 3.63) is 24.0 Å². The molecular weight excluding hydrogens is 370 g/mol. The van der Waals surface area contributed by atoms with E-state index in [4.69, 9.17) is 9.47 Å². The van der Waals surface area contributed by atoms with Gasteiger partial charge in [-0.3, -0.25) is 10.3 Å². The Balaban J connectivity index is 1.82. The summed E-state index contributed by atoms with van der Waals surface area (Å²) in [5.74, 6) is 0.871. The van der Waals surface area contributed by atoms with Crippen LogP contribution < -0.4 is 5.32 Å². The maximum absolute atomic E-state index is 12.9. The van der Waals surface area contributed by atoms with Gasteiger partial charge in [-0.25, -0.2) is 9.59 Å². The van der Waals surface area contributed by atoms with E-state index in [0.29, 0.717) is 24.1 Å². The number of nitrogens with zero attached hydrogens (tertiary/aromatic N) is 2. The lowest BCUT2D eigenvalue weighted by Gasteiger charge is -2.31. The number of pyridine rings is 1. The minimum atomic E-state index is -0.578. The van der Waals surface area contributed by atoms with Gasteiger partial charge in [0.05, 0.1) is 17.9 Å². The van der Waals surface area contributed by atoms with E-state index in [-0.39, 0.29) is 12.1 Å². The quantitative estimate of drug-likeness (QED) is 0.740. The molecule has 1 aliphatic heterocycles. The Morgan fingerprint density at radius 2 is 1.76 bits per heavy atom. The Morgan fingerprint density at radius 1 is 1.07 bits per heavy atom. The molecule has 2 aliphatic rings. The van der Waals surface area contributed by atoms with Gasteiger partial charge in [0.25, 0.3) is 0 Å². The summed E-state index contributed by atoms with van der Waals surface area (Å²) in [4.78, 5) is 31.2. The number of fused-ring (bicyclic) bond motifs is 1. The van der Waals surface area contributed by atoms with Gasteiger partial charge in [0, 0.05) is 12.7 Å². The lowest BCUT2D eigenvalue weighted by molar-refractivity contribution is 0.0198. The fraction of sp³-hybridized carbons (Fsp3) is 0.682. The average molecular weight is 404 g/mol. The van der Waals surface area contributed by atoms with Crippen LogP contribution in [0, 0.1) is 11.8 Å². The lowest BCUT2D eigenvalue weighted by atomic mass is 9.90. The van der Waals surface area contributed by atoms with Crippen molar-refractivity contribution in [2.24, 2.45) is 11.8 Å². The number of rotatable bonds is 2. The first-order valence-electron chi connectivity index (χ1n) is 10.4. The number of likely N-dealkylation sites (tertiary alicyclic amines) is 1. The highest BCUT2D eigenvalue weighted by Gasteiger charge is 2.48. The molecule has 1 aromatic rings. The third-order valence-corrected chi connectivity index (χ3v) is 5.26. The number of hydrogen-bond donors (Lipinski definition) is 1. The zero-order chi connectivity index (χ0) is 21.4. The first-order valence-corrected chi connectivity index (χ1v) is 10.4. The average Bonchev–Trinajstić information content (AvgIpc) is 3.11. The van der Waals surface area contributed by atoms with Crippen molar-refractivity contribution in [3.63, 3.8) is 0 Å². The van der Waals surface area contributed by atoms with Crippen molar-refractivity contribution in [1.29, 1.82) is 0 Å². The predicted octanol–water partition coefficient (Wildman–Crippen LogP) is 5.14. The summed E-state index contributed by atoms with van der Waals surface area (Å²) in [6.07, 6.45) is 5.95. The van der Waals surface area contributed by atoms with Gasteiger partial charge >= 0.3 is 12.2 Å². The highest BCUT2D eigenvalue weighted by atomic mass is 16.6. The van der Waals surface area contributed by atoms with Crippen LogP contribution in [0.3, 0.4) is 0 Å². The molecule has 1 saturated heterocycles. The summed E-state index contributed by atoms with van der Waals surface area (Å²) in [7, 11) is 0. The number of carbonyl (C=O) groups excluding carboxylic acids is 2. The maximum Gasteiger partial charge on any atom is 0.412 e. The van der Waals surface area contributed by atoms with Crippen LogP contribution in [-0.2, 0) is 9.47 Å². The van der Waals surface area contributed by atoms with Crippen LogP contribution in [0.2, 0.25) is 0 Å². The zero-order valence-electron chi connectivity index (χ0n) is 18.3. The Hall–Kier alpha value is -2.31. The van der Waals surface area contributed by atoms with E-state index >= 15 is 0 Å². The molecule has 0 radical (unpaired) electrons. The fourth-order valence-corrected chi connectivity index (χ4v) is 4.35. The van der Waals surface area contributed by atoms with Crippen LogP contribution in [0.5, 0.6) is 0 Å². The van der Waals surface area contributed by atoms with Crippen molar-refractivity contribution in [2.45, 2.75) is 78.0 Å². The lowest BCUT2D eigenvalue weighted by Crippen LogP contribution is -2.37. The Kier molecular flexibility index (Phi) is 5.79. The summed E-state index contributed by atoms with van der Waals surface area (Å²) >= 11 is 0. The van der Waals surface area contributed by atoms with Gasteiger partial charge < -0.3 is 14.4 Å². The van der Waals surface area contributed by atoms with E-state index in [9.17, 15) is 9.59 Å². The van der Waals surface area contributed by atoms with Crippen molar-refractivity contribution < 1.29 is 19.1 Å². The van der Waals surface area contributed by atoms with Crippen LogP contribution in [0.25, 0.3) is 0 Å². The van der Waals surface area contributed by atoms with Crippen LogP contribution in [0.15, 0.2) is 18.5 Å². The molecule has 1 N–H and O–H groups in total. The third-order valence-electron chi connectivity index (χ3n) is 5.26. The van der Waals surface area contributed by atoms with Gasteiger partial charge in [-0.2, -0.15) is 0 Å². The number of nitrogens with one attached hydrogen (secondary N) is 1. The van der Waals surface area contributed by atoms with Crippen LogP contribution >= 0.6 is 0 Å². The van der Waals surface area contributed by atoms with Gasteiger partial charge in [0.1, 0.15) is 11.2 Å². The first kappa shape index (κ1) is 21.4. The minimum absolute atomic E-state index is 0.0924. The largest absolute Gasteiger partial charge is 0.444 e. The van der Waals surface area contributed by atoms with Crippen LogP contribution in [-0.4, -0.2) is 39.8 Å². The van der Waals surface area contributed by atoms with E-state index < -0.39 is 17.3 Å². The summed E-state index contributed by atoms with van der Waals surface area (Å²) in [5.41, 5.74) is 0.351. The molecule has 0 bridgehead atoms. The van der Waals surface area contributed by atoms with Crippen molar-refractivity contribution in [1.82, 2.24) is 9.88 Å². The van der Waals surface area contributed by atoms with Gasteiger partial charge in [-0.15, -0.1) is 0 Å². The van der Waals surface area contributed by atoms with Crippen molar-refractivity contribution in [3.8, 4) is 0 Å². The number of ether oxygens (including phenoxy) is 2. The second-order valence-corrected chi connectivity index (χ2v) is 10.1. The molecule has 1 saturated carbocycles. The smallest absolute Gasteiger partial charge is 0.412 e. The molecule has 29 heavy (non-hydrogen) atoms. The SMILES string of the molecule is CC(C)(C)OC(=O)Nc1cncc(C2[C@@H]3CCC[C@@H]3CN2C(=O)OC(C)(C)C)c1. The monoisotopic (exact) mass is 403 g/mol. The number of amides is 2. The molecule has 1 aromatic heterocycles. The number of aromatic nitrogens is 1. The first-order chi connectivity index (χ1) is 13.4. The Labute approximate surface area is 173 Å². The Bertz CT molecular complexity index is 766. The highest BCUT2D eigenvalue weighted by Crippen LogP contribution is 2.49. The Morgan fingerprint density at radius 3 is 2.41 bits per heavy atom. The summed E-state index contributed by atoms with van der Waals surface area (Å²) in [5, 5.41) is 2.75. The molecular formula is C22H33N3O4. The molecule has 0 aromatic carbocycles. The molecule has 0 spiro atoms. The molecule has 2 heterocycles. The number of anilines is 1. The standard InChI is InChI=1S/C22H33N3O4/c1-21(2,3)28-19(26)24-16-10-15(11-23-12-16)18-17-9-7-8-14(17)13-25(18)20(27)29-22(4,5)6/h10-12,14,17-18H,7-9,13H2,1-6H3,(H,24,26)/t14-,17-,18?/m1/s1. The third kappa shape index (κ3) is 5.40. The second-order valence-electron chi connectivity index (χ2n) is 10.1. The minimum Gasteiger partial charge on any atom is -0.444 e. The molecule has 3 atom stereocenters. The molecule has 7 heteroatoms. The summed E-state index contributed by atoms with van der Waals surface area (Å²) < 4.78 is 11.0. The molecule has 2 fully saturated rings. The fourth-order valence-electron chi connectivity index (χ4n) is 4.35. The summed E-state index contributed by atoms with van der Waals surface area (Å²) in [6, 6.07) is 1.80. The van der Waals surface area contributed by atoms with E-state index in [1.54, 1.807) is 12.4 Å². The van der Waals surface area contributed by atoms with Crippen molar-refractivity contribution >= 4 is 17.9 Å². The van der Waals surface area contributed by atoms with Gasteiger partial charge in [-0.05, 0) is 77.8 Å². The predicted molar refractivity (Wildman–Crippen MR) is 111 cm³/mol. The van der Waals surface area contributed by atoms with E-state index in [2.05, 4.69) is 10.3 Å². The van der Waals surface area contributed by atoms with E-state index in [0.717, 1.165) is 18.4 Å². The molecule has 7 nitrogen and oxygen atoms in total. The topological polar surface area (TPSA) is 80.8 Å². The van der Waals surface area contributed by atoms with Gasteiger partial charge in [0.15, 0.2) is 0 Å². The normalized spacial score (nSPS) is 24.2. The maximum atomic E-state index is 12.9.